The second-order valence-electron chi connectivity index (χ2n) is 6.74. The van der Waals surface area contributed by atoms with Crippen molar-refractivity contribution in [3.05, 3.63) is 88.4 Å². The number of rotatable bonds is 10. The summed E-state index contributed by atoms with van der Waals surface area (Å²) in [5, 5.41) is 13.7. The third-order valence-electron chi connectivity index (χ3n) is 4.34. The average molecular weight is 485 g/mol. The van der Waals surface area contributed by atoms with Crippen LogP contribution in [0.1, 0.15) is 21.5 Å². The van der Waals surface area contributed by atoms with Crippen LogP contribution in [0.4, 0.5) is 0 Å². The molecule has 0 bridgehead atoms. The maximum absolute atomic E-state index is 12.0. The van der Waals surface area contributed by atoms with E-state index in [0.29, 0.717) is 22.1 Å². The van der Waals surface area contributed by atoms with E-state index in [-0.39, 0.29) is 23.8 Å². The summed E-state index contributed by atoms with van der Waals surface area (Å²) in [7, 11) is 1.52. The van der Waals surface area contributed by atoms with E-state index in [0.717, 1.165) is 10.5 Å². The van der Waals surface area contributed by atoms with Gasteiger partial charge >= 0.3 is 5.97 Å². The molecule has 0 aliphatic carbocycles. The Morgan fingerprint density at radius 3 is 2.61 bits per heavy atom. The molecule has 0 heterocycles. The highest BCUT2D eigenvalue weighted by Crippen LogP contribution is 2.28. The van der Waals surface area contributed by atoms with Crippen LogP contribution in [0.5, 0.6) is 11.5 Å². The first kappa shape index (κ1) is 24.2. The van der Waals surface area contributed by atoms with Crippen LogP contribution in [0.25, 0.3) is 0 Å². The normalized spacial score (nSPS) is 10.7. The Kier molecular flexibility index (Phi) is 8.74. The second kappa shape index (κ2) is 11.9. The molecule has 0 aliphatic rings. The monoisotopic (exact) mass is 484 g/mol. The van der Waals surface area contributed by atoms with E-state index >= 15 is 0 Å². The molecular formula is C24H21ClN2O5S. The molecule has 3 rings (SSSR count). The summed E-state index contributed by atoms with van der Waals surface area (Å²) >= 11 is 7.23. The van der Waals surface area contributed by atoms with Crippen LogP contribution >= 0.6 is 23.4 Å². The predicted molar refractivity (Wildman–Crippen MR) is 129 cm³/mol. The van der Waals surface area contributed by atoms with Gasteiger partial charge in [0, 0.05) is 9.92 Å². The van der Waals surface area contributed by atoms with Crippen molar-refractivity contribution >= 4 is 41.5 Å². The van der Waals surface area contributed by atoms with E-state index in [1.807, 2.05) is 12.1 Å². The number of nitrogens with one attached hydrogen (secondary N) is 1. The van der Waals surface area contributed by atoms with Crippen LogP contribution in [0.2, 0.25) is 5.02 Å². The lowest BCUT2D eigenvalue weighted by Gasteiger charge is -2.11. The minimum absolute atomic E-state index is 0.187. The van der Waals surface area contributed by atoms with Crippen molar-refractivity contribution in [2.75, 3.05) is 12.9 Å². The maximum Gasteiger partial charge on any atom is 0.335 e. The summed E-state index contributed by atoms with van der Waals surface area (Å²) in [6.07, 6.45) is 1.51. The molecule has 0 aromatic heterocycles. The Balaban J connectivity index is 1.53. The number of thioether (sulfide) groups is 1. The highest BCUT2D eigenvalue weighted by molar-refractivity contribution is 8.00. The number of carbonyl (C=O) groups is 2. The van der Waals surface area contributed by atoms with Crippen LogP contribution in [0, 0.1) is 0 Å². The van der Waals surface area contributed by atoms with Crippen molar-refractivity contribution in [2.45, 2.75) is 11.5 Å². The molecule has 0 saturated heterocycles. The number of aromatic carboxylic acids is 1. The molecule has 7 nitrogen and oxygen atoms in total. The van der Waals surface area contributed by atoms with E-state index in [4.69, 9.17) is 26.2 Å². The molecule has 9 heteroatoms. The lowest BCUT2D eigenvalue weighted by Crippen LogP contribution is -2.19. The molecule has 0 spiro atoms. The zero-order valence-corrected chi connectivity index (χ0v) is 19.2. The molecule has 3 aromatic rings. The summed E-state index contributed by atoms with van der Waals surface area (Å²) in [5.74, 6) is -0.0230. The number of hydrazone groups is 1. The van der Waals surface area contributed by atoms with Crippen molar-refractivity contribution < 1.29 is 24.2 Å². The van der Waals surface area contributed by atoms with Crippen LogP contribution in [-0.4, -0.2) is 36.1 Å². The fourth-order valence-corrected chi connectivity index (χ4v) is 3.55. The van der Waals surface area contributed by atoms with Crippen LogP contribution in [-0.2, 0) is 11.4 Å². The van der Waals surface area contributed by atoms with Gasteiger partial charge in [-0.2, -0.15) is 5.10 Å². The quantitative estimate of drug-likeness (QED) is 0.242. The maximum atomic E-state index is 12.0. The zero-order valence-electron chi connectivity index (χ0n) is 17.7. The van der Waals surface area contributed by atoms with Crippen molar-refractivity contribution in [3.8, 4) is 11.5 Å². The first-order chi connectivity index (χ1) is 15.9. The van der Waals surface area contributed by atoms with E-state index in [1.165, 1.54) is 31.2 Å². The third kappa shape index (κ3) is 7.55. The van der Waals surface area contributed by atoms with E-state index in [9.17, 15) is 9.59 Å². The standard InChI is InChI=1S/C24H21ClN2O5S/c1-31-22-12-16(13-26-27-23(28)15-33-20-8-6-19(25)7-9-20)5-10-21(22)32-14-17-3-2-4-18(11-17)24(29)30/h2-13H,14-15H2,1H3,(H,27,28)(H,29,30)/b26-13-. The molecule has 1 amide bonds. The van der Waals surface area contributed by atoms with Crippen LogP contribution in [0.3, 0.4) is 0 Å². The molecule has 170 valence electrons. The zero-order chi connectivity index (χ0) is 23.6. The molecule has 33 heavy (non-hydrogen) atoms. The lowest BCUT2D eigenvalue weighted by molar-refractivity contribution is -0.118. The number of ether oxygens (including phenoxy) is 2. The number of carboxylic acids is 1. The number of methoxy groups -OCH3 is 1. The summed E-state index contributed by atoms with van der Waals surface area (Å²) in [4.78, 5) is 24.0. The van der Waals surface area contributed by atoms with Crippen molar-refractivity contribution in [2.24, 2.45) is 5.10 Å². The Morgan fingerprint density at radius 2 is 1.88 bits per heavy atom. The summed E-state index contributed by atoms with van der Waals surface area (Å²) < 4.78 is 11.2. The van der Waals surface area contributed by atoms with Gasteiger partial charge in [-0.25, -0.2) is 10.2 Å². The first-order valence-corrected chi connectivity index (χ1v) is 11.1. The average Bonchev–Trinajstić information content (AvgIpc) is 2.83. The summed E-state index contributed by atoms with van der Waals surface area (Å²) in [6.45, 7) is 0.187. The van der Waals surface area contributed by atoms with Gasteiger partial charge in [-0.1, -0.05) is 23.7 Å². The Hall–Kier alpha value is -3.49. The van der Waals surface area contributed by atoms with Crippen LogP contribution in [0.15, 0.2) is 76.7 Å². The number of benzene rings is 3. The van der Waals surface area contributed by atoms with Gasteiger partial charge in [-0.3, -0.25) is 4.79 Å². The van der Waals surface area contributed by atoms with Gasteiger partial charge in [-0.05, 0) is 65.7 Å². The fraction of sp³-hybridized carbons (Fsp3) is 0.125. The summed E-state index contributed by atoms with van der Waals surface area (Å²) in [6, 6.07) is 19.0. The molecule has 0 radical (unpaired) electrons. The highest BCUT2D eigenvalue weighted by atomic mass is 35.5. The minimum Gasteiger partial charge on any atom is -0.493 e. The molecular weight excluding hydrogens is 464 g/mol. The van der Waals surface area contributed by atoms with E-state index < -0.39 is 5.97 Å². The molecule has 0 atom stereocenters. The SMILES string of the molecule is COc1cc(/C=N\NC(=O)CSc2ccc(Cl)cc2)ccc1OCc1cccc(C(=O)O)c1. The lowest BCUT2D eigenvalue weighted by atomic mass is 10.1. The second-order valence-corrected chi connectivity index (χ2v) is 8.23. The molecule has 0 unspecified atom stereocenters. The largest absolute Gasteiger partial charge is 0.493 e. The molecule has 0 aliphatic heterocycles. The van der Waals surface area contributed by atoms with Gasteiger partial charge in [0.15, 0.2) is 11.5 Å². The fourth-order valence-electron chi connectivity index (χ4n) is 2.73. The highest BCUT2D eigenvalue weighted by Gasteiger charge is 2.08. The van der Waals surface area contributed by atoms with Crippen LogP contribution < -0.4 is 14.9 Å². The molecule has 0 saturated carbocycles. The van der Waals surface area contributed by atoms with Crippen molar-refractivity contribution in [3.63, 3.8) is 0 Å². The number of hydrogen-bond donors (Lipinski definition) is 2. The van der Waals surface area contributed by atoms with Gasteiger partial charge < -0.3 is 14.6 Å². The Bertz CT molecular complexity index is 1150. The topological polar surface area (TPSA) is 97.2 Å². The number of halogens is 1. The number of carboxylic acid groups (broad SMARTS) is 1. The molecule has 0 fully saturated rings. The van der Waals surface area contributed by atoms with Gasteiger partial charge in [0.05, 0.1) is 24.6 Å². The van der Waals surface area contributed by atoms with Crippen molar-refractivity contribution in [1.29, 1.82) is 0 Å². The summed E-state index contributed by atoms with van der Waals surface area (Å²) in [5.41, 5.74) is 4.12. The van der Waals surface area contributed by atoms with Gasteiger partial charge in [0.2, 0.25) is 5.91 Å². The number of nitrogens with zero attached hydrogens (tertiary/aromatic N) is 1. The van der Waals surface area contributed by atoms with Crippen molar-refractivity contribution in [1.82, 2.24) is 5.43 Å². The van der Waals surface area contributed by atoms with Gasteiger partial charge in [0.25, 0.3) is 0 Å². The molecule has 2 N–H and O–H groups in total. The smallest absolute Gasteiger partial charge is 0.335 e. The first-order valence-electron chi connectivity index (χ1n) is 9.78. The Morgan fingerprint density at radius 1 is 1.09 bits per heavy atom. The predicted octanol–water partition coefficient (Wildman–Crippen LogP) is 4.87. The number of amides is 1. The van der Waals surface area contributed by atoms with Gasteiger partial charge in [0.1, 0.15) is 6.61 Å². The van der Waals surface area contributed by atoms with E-state index in [2.05, 4.69) is 10.5 Å². The number of carbonyl (C=O) groups excluding carboxylic acids is 1. The van der Waals surface area contributed by atoms with Gasteiger partial charge in [-0.15, -0.1) is 11.8 Å². The minimum atomic E-state index is -0.992. The molecule has 3 aromatic carbocycles. The van der Waals surface area contributed by atoms with E-state index in [1.54, 1.807) is 48.5 Å². The number of hydrogen-bond acceptors (Lipinski definition) is 6. The Labute approximate surface area is 200 Å². The third-order valence-corrected chi connectivity index (χ3v) is 5.61.